The largest absolute Gasteiger partial charge is 0.380 e. The third-order valence-electron chi connectivity index (χ3n) is 2.93. The van der Waals surface area contributed by atoms with E-state index in [4.69, 9.17) is 0 Å². The van der Waals surface area contributed by atoms with Crippen molar-refractivity contribution in [2.45, 2.75) is 23.8 Å². The van der Waals surface area contributed by atoms with E-state index in [0.717, 1.165) is 23.4 Å². The highest BCUT2D eigenvalue weighted by Gasteiger charge is 2.24. The van der Waals surface area contributed by atoms with Gasteiger partial charge in [-0.05, 0) is 31.2 Å². The maximum absolute atomic E-state index is 11.6. The van der Waals surface area contributed by atoms with Crippen LogP contribution >= 0.6 is 11.8 Å². The molecular weight excluding hydrogens is 254 g/mol. The first-order valence-electron chi connectivity index (χ1n) is 5.71. The van der Waals surface area contributed by atoms with E-state index >= 15 is 0 Å². The van der Waals surface area contributed by atoms with Crippen molar-refractivity contribution in [3.63, 3.8) is 0 Å². The number of thioether (sulfide) groups is 1. The summed E-state index contributed by atoms with van der Waals surface area (Å²) < 4.78 is 23.1. The Balaban J connectivity index is 2.10. The second-order valence-electron chi connectivity index (χ2n) is 4.30. The van der Waals surface area contributed by atoms with Gasteiger partial charge in [0.25, 0.3) is 0 Å². The minimum Gasteiger partial charge on any atom is -0.380 e. The SMILES string of the molecule is CSc1ccccc1NC1CCCS(=O)(=O)C1. The van der Waals surface area contributed by atoms with Gasteiger partial charge in [0.05, 0.1) is 11.5 Å². The second kappa shape index (κ2) is 5.31. The number of rotatable bonds is 3. The molecular formula is C12H17NO2S2. The zero-order valence-electron chi connectivity index (χ0n) is 9.85. The van der Waals surface area contributed by atoms with Crippen molar-refractivity contribution in [3.8, 4) is 0 Å². The summed E-state index contributed by atoms with van der Waals surface area (Å²) in [5, 5.41) is 3.36. The molecule has 0 amide bonds. The minimum absolute atomic E-state index is 0.0575. The third-order valence-corrected chi connectivity index (χ3v) is 5.55. The highest BCUT2D eigenvalue weighted by atomic mass is 32.2. The van der Waals surface area contributed by atoms with Crippen molar-refractivity contribution in [1.82, 2.24) is 0 Å². The van der Waals surface area contributed by atoms with Crippen LogP contribution in [0.1, 0.15) is 12.8 Å². The molecule has 0 aromatic heterocycles. The summed E-state index contributed by atoms with van der Waals surface area (Å²) in [6.45, 7) is 0. The van der Waals surface area contributed by atoms with Gasteiger partial charge >= 0.3 is 0 Å². The smallest absolute Gasteiger partial charge is 0.152 e. The molecule has 1 aromatic rings. The lowest BCUT2D eigenvalue weighted by Crippen LogP contribution is -2.34. The average Bonchev–Trinajstić information content (AvgIpc) is 2.28. The predicted molar refractivity (Wildman–Crippen MR) is 73.5 cm³/mol. The van der Waals surface area contributed by atoms with Gasteiger partial charge in [-0.2, -0.15) is 0 Å². The number of hydrogen-bond donors (Lipinski definition) is 1. The van der Waals surface area contributed by atoms with Gasteiger partial charge in [0.15, 0.2) is 9.84 Å². The lowest BCUT2D eigenvalue weighted by molar-refractivity contribution is 0.562. The molecule has 1 heterocycles. The van der Waals surface area contributed by atoms with Crippen molar-refractivity contribution in [3.05, 3.63) is 24.3 Å². The fraction of sp³-hybridized carbons (Fsp3) is 0.500. The van der Waals surface area contributed by atoms with Gasteiger partial charge in [0, 0.05) is 16.6 Å². The third kappa shape index (κ3) is 3.39. The fourth-order valence-corrected chi connectivity index (χ4v) is 4.32. The van der Waals surface area contributed by atoms with E-state index in [9.17, 15) is 8.42 Å². The zero-order valence-corrected chi connectivity index (χ0v) is 11.5. The van der Waals surface area contributed by atoms with Crippen molar-refractivity contribution in [2.75, 3.05) is 23.1 Å². The molecule has 1 atom stereocenters. The van der Waals surface area contributed by atoms with Crippen LogP contribution < -0.4 is 5.32 Å². The number of sulfone groups is 1. The van der Waals surface area contributed by atoms with Crippen LogP contribution in [0.3, 0.4) is 0 Å². The monoisotopic (exact) mass is 271 g/mol. The summed E-state index contributed by atoms with van der Waals surface area (Å²) in [5.41, 5.74) is 1.04. The Bertz CT molecular complexity index is 485. The number of nitrogens with one attached hydrogen (secondary N) is 1. The summed E-state index contributed by atoms with van der Waals surface area (Å²) in [5.74, 6) is 0.602. The molecule has 0 radical (unpaired) electrons. The Morgan fingerprint density at radius 3 is 2.82 bits per heavy atom. The van der Waals surface area contributed by atoms with Crippen LogP contribution in [0.15, 0.2) is 29.2 Å². The van der Waals surface area contributed by atoms with Crippen LogP contribution in [0.2, 0.25) is 0 Å². The first-order chi connectivity index (χ1) is 8.11. The summed E-state index contributed by atoms with van der Waals surface area (Å²) in [7, 11) is -2.84. The van der Waals surface area contributed by atoms with Gasteiger partial charge in [0.1, 0.15) is 0 Å². The molecule has 94 valence electrons. The molecule has 2 rings (SSSR count). The standard InChI is InChI=1S/C12H17NO2S2/c1-16-12-7-3-2-6-11(12)13-10-5-4-8-17(14,15)9-10/h2-3,6-7,10,13H,4-5,8-9H2,1H3. The van der Waals surface area contributed by atoms with Crippen LogP contribution in [-0.2, 0) is 9.84 Å². The number of hydrogen-bond acceptors (Lipinski definition) is 4. The lowest BCUT2D eigenvalue weighted by atomic mass is 10.1. The van der Waals surface area contributed by atoms with E-state index in [-0.39, 0.29) is 11.8 Å². The average molecular weight is 271 g/mol. The molecule has 1 N–H and O–H groups in total. The van der Waals surface area contributed by atoms with Gasteiger partial charge in [0.2, 0.25) is 0 Å². The molecule has 3 nitrogen and oxygen atoms in total. The van der Waals surface area contributed by atoms with E-state index in [0.29, 0.717) is 5.75 Å². The quantitative estimate of drug-likeness (QED) is 0.858. The molecule has 1 aliphatic heterocycles. The van der Waals surface area contributed by atoms with E-state index < -0.39 is 9.84 Å². The number of benzene rings is 1. The van der Waals surface area contributed by atoms with Crippen LogP contribution in [0.4, 0.5) is 5.69 Å². The maximum atomic E-state index is 11.6. The van der Waals surface area contributed by atoms with Gasteiger partial charge in [-0.1, -0.05) is 12.1 Å². The molecule has 1 saturated heterocycles. The summed E-state index contributed by atoms with van der Waals surface area (Å²) >= 11 is 1.67. The van der Waals surface area contributed by atoms with E-state index in [1.54, 1.807) is 11.8 Å². The highest BCUT2D eigenvalue weighted by Crippen LogP contribution is 2.26. The normalized spacial score (nSPS) is 23.2. The van der Waals surface area contributed by atoms with Gasteiger partial charge in [-0.25, -0.2) is 8.42 Å². The Morgan fingerprint density at radius 2 is 2.12 bits per heavy atom. The molecule has 1 aromatic carbocycles. The van der Waals surface area contributed by atoms with Crippen LogP contribution in [-0.4, -0.2) is 32.2 Å². The summed E-state index contributed by atoms with van der Waals surface area (Å²) in [6, 6.07) is 8.08. The molecule has 5 heteroatoms. The molecule has 0 aliphatic carbocycles. The van der Waals surface area contributed by atoms with Crippen LogP contribution in [0.25, 0.3) is 0 Å². The first-order valence-corrected chi connectivity index (χ1v) is 8.75. The van der Waals surface area contributed by atoms with E-state index in [1.807, 2.05) is 30.5 Å². The van der Waals surface area contributed by atoms with Crippen molar-refractivity contribution >= 4 is 27.3 Å². The van der Waals surface area contributed by atoms with Crippen molar-refractivity contribution < 1.29 is 8.42 Å². The first kappa shape index (κ1) is 12.8. The molecule has 17 heavy (non-hydrogen) atoms. The van der Waals surface area contributed by atoms with Crippen molar-refractivity contribution in [1.29, 1.82) is 0 Å². The Labute approximate surface area is 107 Å². The Kier molecular flexibility index (Phi) is 3.99. The lowest BCUT2D eigenvalue weighted by Gasteiger charge is -2.24. The highest BCUT2D eigenvalue weighted by molar-refractivity contribution is 7.98. The summed E-state index contributed by atoms with van der Waals surface area (Å²) in [4.78, 5) is 1.16. The van der Waals surface area contributed by atoms with Gasteiger partial charge in [-0.15, -0.1) is 11.8 Å². The van der Waals surface area contributed by atoms with E-state index in [1.165, 1.54) is 0 Å². The van der Waals surface area contributed by atoms with Crippen LogP contribution in [0.5, 0.6) is 0 Å². The predicted octanol–water partition coefficient (Wildman–Crippen LogP) is 2.40. The molecule has 0 spiro atoms. The maximum Gasteiger partial charge on any atom is 0.152 e. The van der Waals surface area contributed by atoms with Gasteiger partial charge < -0.3 is 5.32 Å². The van der Waals surface area contributed by atoms with E-state index in [2.05, 4.69) is 5.32 Å². The molecule has 0 saturated carbocycles. The second-order valence-corrected chi connectivity index (χ2v) is 7.37. The molecule has 1 fully saturated rings. The number of para-hydroxylation sites is 1. The molecule has 1 unspecified atom stereocenters. The minimum atomic E-state index is -2.84. The number of anilines is 1. The van der Waals surface area contributed by atoms with Crippen molar-refractivity contribution in [2.24, 2.45) is 0 Å². The topological polar surface area (TPSA) is 46.2 Å². The van der Waals surface area contributed by atoms with Crippen LogP contribution in [0, 0.1) is 0 Å². The molecule has 1 aliphatic rings. The Morgan fingerprint density at radius 1 is 1.35 bits per heavy atom. The molecule has 0 bridgehead atoms. The zero-order chi connectivity index (χ0) is 12.3. The van der Waals surface area contributed by atoms with Gasteiger partial charge in [-0.3, -0.25) is 0 Å². The Hall–Kier alpha value is -0.680. The summed E-state index contributed by atoms with van der Waals surface area (Å²) in [6.07, 6.45) is 3.72. The fourth-order valence-electron chi connectivity index (χ4n) is 2.12.